The molecule has 1 atom stereocenters. The second-order valence-electron chi connectivity index (χ2n) is 3.84. The molecule has 0 aromatic heterocycles. The van der Waals surface area contributed by atoms with E-state index in [0.29, 0.717) is 17.0 Å². The van der Waals surface area contributed by atoms with Crippen LogP contribution in [0, 0.1) is 11.3 Å². The number of aliphatic hydroxyl groups excluding tert-OH is 1. The van der Waals surface area contributed by atoms with E-state index in [9.17, 15) is 5.11 Å². The molecule has 0 radical (unpaired) electrons. The van der Waals surface area contributed by atoms with Crippen LogP contribution in [0.4, 0.5) is 5.69 Å². The van der Waals surface area contributed by atoms with Crippen LogP contribution in [0.3, 0.4) is 0 Å². The van der Waals surface area contributed by atoms with Crippen LogP contribution in [0.5, 0.6) is 0 Å². The molecule has 1 rings (SSSR count). The van der Waals surface area contributed by atoms with Gasteiger partial charge in [-0.05, 0) is 31.5 Å². The molecule has 0 bridgehead atoms. The molecule has 86 valence electrons. The van der Waals surface area contributed by atoms with Crippen LogP contribution in [0.25, 0.3) is 0 Å². The SMILES string of the molecule is CC(O)CCN(C)c1ccc(C#N)c(Cl)c1. The summed E-state index contributed by atoms with van der Waals surface area (Å²) in [6.07, 6.45) is 0.394. The van der Waals surface area contributed by atoms with Gasteiger partial charge in [-0.3, -0.25) is 0 Å². The lowest BCUT2D eigenvalue weighted by atomic mass is 10.2. The van der Waals surface area contributed by atoms with Crippen molar-refractivity contribution in [1.29, 1.82) is 5.26 Å². The number of aliphatic hydroxyl groups is 1. The van der Waals surface area contributed by atoms with Gasteiger partial charge in [0.25, 0.3) is 0 Å². The minimum atomic E-state index is -0.309. The van der Waals surface area contributed by atoms with Gasteiger partial charge in [0.1, 0.15) is 6.07 Å². The molecule has 0 saturated heterocycles. The largest absolute Gasteiger partial charge is 0.393 e. The van der Waals surface area contributed by atoms with Gasteiger partial charge in [0.05, 0.1) is 16.7 Å². The van der Waals surface area contributed by atoms with E-state index >= 15 is 0 Å². The van der Waals surface area contributed by atoms with Crippen LogP contribution in [0.1, 0.15) is 18.9 Å². The fraction of sp³-hybridized carbons (Fsp3) is 0.417. The zero-order valence-corrected chi connectivity index (χ0v) is 10.2. The van der Waals surface area contributed by atoms with Crippen molar-refractivity contribution in [3.63, 3.8) is 0 Å². The molecule has 4 heteroatoms. The van der Waals surface area contributed by atoms with Gasteiger partial charge in [0, 0.05) is 19.3 Å². The van der Waals surface area contributed by atoms with E-state index in [1.54, 1.807) is 19.1 Å². The average molecular weight is 239 g/mol. The van der Waals surface area contributed by atoms with Crippen LogP contribution in [0.2, 0.25) is 5.02 Å². The molecule has 1 aromatic carbocycles. The standard InChI is InChI=1S/C12H15ClN2O/c1-9(16)5-6-15(2)11-4-3-10(8-14)12(13)7-11/h3-4,7,9,16H,5-6H2,1-2H3. The van der Waals surface area contributed by atoms with Crippen molar-refractivity contribution in [2.24, 2.45) is 0 Å². The van der Waals surface area contributed by atoms with Crippen molar-refractivity contribution in [1.82, 2.24) is 0 Å². The molecule has 0 amide bonds. The number of rotatable bonds is 4. The first-order valence-corrected chi connectivity index (χ1v) is 5.51. The number of nitriles is 1. The molecule has 0 heterocycles. The third-order valence-electron chi connectivity index (χ3n) is 2.40. The van der Waals surface area contributed by atoms with Crippen molar-refractivity contribution >= 4 is 17.3 Å². The molecule has 0 aliphatic heterocycles. The second kappa shape index (κ2) is 5.74. The summed E-state index contributed by atoms with van der Waals surface area (Å²) in [6, 6.07) is 7.35. The van der Waals surface area contributed by atoms with Crippen LogP contribution in [-0.4, -0.2) is 24.8 Å². The van der Waals surface area contributed by atoms with Crippen LogP contribution in [-0.2, 0) is 0 Å². The molecule has 0 spiro atoms. The summed E-state index contributed by atoms with van der Waals surface area (Å²) < 4.78 is 0. The van der Waals surface area contributed by atoms with Gasteiger partial charge in [-0.25, -0.2) is 0 Å². The van der Waals surface area contributed by atoms with Gasteiger partial charge >= 0.3 is 0 Å². The average Bonchev–Trinajstić information content (AvgIpc) is 2.25. The lowest BCUT2D eigenvalue weighted by molar-refractivity contribution is 0.187. The van der Waals surface area contributed by atoms with Gasteiger partial charge in [0.2, 0.25) is 0 Å². The van der Waals surface area contributed by atoms with E-state index in [4.69, 9.17) is 16.9 Å². The topological polar surface area (TPSA) is 47.3 Å². The van der Waals surface area contributed by atoms with E-state index in [1.807, 2.05) is 24.1 Å². The Hall–Kier alpha value is -1.24. The fourth-order valence-electron chi connectivity index (χ4n) is 1.34. The molecule has 1 N–H and O–H groups in total. The summed E-state index contributed by atoms with van der Waals surface area (Å²) in [4.78, 5) is 2.00. The van der Waals surface area contributed by atoms with Crippen LogP contribution >= 0.6 is 11.6 Å². The van der Waals surface area contributed by atoms with Gasteiger partial charge in [-0.2, -0.15) is 5.26 Å². The van der Waals surface area contributed by atoms with Crippen molar-refractivity contribution in [2.45, 2.75) is 19.4 Å². The summed E-state index contributed by atoms with van der Waals surface area (Å²) in [7, 11) is 1.93. The van der Waals surface area contributed by atoms with Crippen molar-refractivity contribution in [3.05, 3.63) is 28.8 Å². The van der Waals surface area contributed by atoms with E-state index in [0.717, 1.165) is 12.2 Å². The molecule has 0 fully saturated rings. The van der Waals surface area contributed by atoms with Gasteiger partial charge in [-0.1, -0.05) is 11.6 Å². The Labute approximate surface area is 101 Å². The van der Waals surface area contributed by atoms with Gasteiger partial charge in [0.15, 0.2) is 0 Å². The molecule has 0 aliphatic carbocycles. The summed E-state index contributed by atoms with van der Waals surface area (Å²) in [5.41, 5.74) is 1.43. The molecule has 0 saturated carbocycles. The van der Waals surface area contributed by atoms with Crippen LogP contribution in [0.15, 0.2) is 18.2 Å². The monoisotopic (exact) mass is 238 g/mol. The van der Waals surface area contributed by atoms with E-state index in [2.05, 4.69) is 0 Å². The Kier molecular flexibility index (Phi) is 4.60. The molecule has 1 unspecified atom stereocenters. The summed E-state index contributed by atoms with van der Waals surface area (Å²) in [5, 5.41) is 18.4. The zero-order chi connectivity index (χ0) is 12.1. The molecule has 1 aromatic rings. The first kappa shape index (κ1) is 12.8. The third-order valence-corrected chi connectivity index (χ3v) is 2.71. The molecule has 0 aliphatic rings. The molecular formula is C12H15ClN2O. The molecular weight excluding hydrogens is 224 g/mol. The number of benzene rings is 1. The Morgan fingerprint density at radius 2 is 2.25 bits per heavy atom. The van der Waals surface area contributed by atoms with E-state index < -0.39 is 0 Å². The van der Waals surface area contributed by atoms with Gasteiger partial charge < -0.3 is 10.0 Å². The maximum Gasteiger partial charge on any atom is 0.101 e. The Morgan fingerprint density at radius 1 is 1.56 bits per heavy atom. The number of hydrogen-bond acceptors (Lipinski definition) is 3. The lowest BCUT2D eigenvalue weighted by Crippen LogP contribution is -2.21. The number of halogens is 1. The van der Waals surface area contributed by atoms with Crippen molar-refractivity contribution in [2.75, 3.05) is 18.5 Å². The van der Waals surface area contributed by atoms with Crippen molar-refractivity contribution < 1.29 is 5.11 Å². The Bertz CT molecular complexity index is 398. The number of hydrogen-bond donors (Lipinski definition) is 1. The molecule has 16 heavy (non-hydrogen) atoms. The normalized spacial score (nSPS) is 11.9. The summed E-state index contributed by atoms with van der Waals surface area (Å²) in [5.74, 6) is 0. The number of anilines is 1. The minimum Gasteiger partial charge on any atom is -0.393 e. The highest BCUT2D eigenvalue weighted by atomic mass is 35.5. The highest BCUT2D eigenvalue weighted by Crippen LogP contribution is 2.22. The predicted molar refractivity (Wildman–Crippen MR) is 65.7 cm³/mol. The lowest BCUT2D eigenvalue weighted by Gasteiger charge is -2.20. The Morgan fingerprint density at radius 3 is 2.75 bits per heavy atom. The Balaban J connectivity index is 2.74. The fourth-order valence-corrected chi connectivity index (χ4v) is 1.56. The van der Waals surface area contributed by atoms with Crippen LogP contribution < -0.4 is 4.90 Å². The third kappa shape index (κ3) is 3.41. The van der Waals surface area contributed by atoms with E-state index in [-0.39, 0.29) is 6.10 Å². The summed E-state index contributed by atoms with van der Waals surface area (Å²) in [6.45, 7) is 2.51. The van der Waals surface area contributed by atoms with Gasteiger partial charge in [-0.15, -0.1) is 0 Å². The number of nitrogens with zero attached hydrogens (tertiary/aromatic N) is 2. The molecule has 3 nitrogen and oxygen atoms in total. The maximum atomic E-state index is 9.19. The smallest absolute Gasteiger partial charge is 0.101 e. The highest BCUT2D eigenvalue weighted by molar-refractivity contribution is 6.32. The van der Waals surface area contributed by atoms with Crippen molar-refractivity contribution in [3.8, 4) is 6.07 Å². The van der Waals surface area contributed by atoms with E-state index in [1.165, 1.54) is 0 Å². The first-order chi connectivity index (χ1) is 7.54. The first-order valence-electron chi connectivity index (χ1n) is 5.13. The zero-order valence-electron chi connectivity index (χ0n) is 9.44. The minimum absolute atomic E-state index is 0.309. The second-order valence-corrected chi connectivity index (χ2v) is 4.24. The quantitative estimate of drug-likeness (QED) is 0.877. The highest BCUT2D eigenvalue weighted by Gasteiger charge is 2.06. The maximum absolute atomic E-state index is 9.19. The summed E-state index contributed by atoms with van der Waals surface area (Å²) >= 11 is 5.94. The predicted octanol–water partition coefficient (Wildman–Crippen LogP) is 2.42.